The van der Waals surface area contributed by atoms with Gasteiger partial charge >= 0.3 is 0 Å². The molecule has 144 heavy (non-hydrogen) atoms. The second-order valence-corrected chi connectivity index (χ2v) is 44.7. The molecule has 0 spiro atoms. The summed E-state index contributed by atoms with van der Waals surface area (Å²) in [7, 11) is -15.1. The second-order valence-electron chi connectivity index (χ2n) is 34.2. The molecule has 1 unspecified atom stereocenters. The van der Waals surface area contributed by atoms with Crippen LogP contribution in [0.25, 0.3) is 32.7 Å². The number of carbonyl (C=O) groups is 6. The van der Waals surface area contributed by atoms with E-state index in [1.165, 1.54) is 121 Å². The third kappa shape index (κ3) is 23.1. The van der Waals surface area contributed by atoms with Gasteiger partial charge in [-0.1, -0.05) is 64.9 Å². The standard InChI is InChI=1S/C26H27ClN6O3S.C25H29ClN6O3S2.C24H22FN5O4S2.C22H18FN5O4S2.7H2/c1-19-17-32(21-5-7-22(8-6-21)37(35,36)30-24-9-12-28-18-29-24)15-16-33(19)25(34)11-14-31-13-10-20-3-2-4-23(27)26(20)31;1-17(32-11-3-4-19-16-20(26)5-10-23(19)32)24(33)31-14-12-30(13-15-31)21-6-8-22(9-7-21)37(34,35)29-25-28-27-18(2)36-25;1-16(29-11-9-17-3-2-4-20(25)22(17)29)23(32)28-12-13-30(21(31)15-28)18-5-7-19(8-6-18)36(33,34)27-24-26-10-14-35-24;23-17-2-1-3-18-20(17)16(12-25-18)21(30)27-9-10-28(19(29)13-27)14-4-6-15(7-5-14)34(31,32)26-22-24-8-11-33-22;;;;;;;/h2-10,12-13,18-19H,11,14-17H2,1H3,(H,28,29,30);5-10,16-17H,3-4,11-15H2,1-2H3,(H,28,29);2-11,14,16H,12-13,15H2,1H3,(H,26,27);1-8,11-12,25H,9-10,13H2,(H,24,26);7*1H/t19-;;16-;;;;;;;;/m0.0......../s1. The van der Waals surface area contributed by atoms with E-state index in [0.717, 1.165) is 63.7 Å². The van der Waals surface area contributed by atoms with Gasteiger partial charge in [-0.2, -0.15) is 0 Å². The van der Waals surface area contributed by atoms with Crippen LogP contribution in [0.2, 0.25) is 10.0 Å². The Morgan fingerprint density at radius 2 is 1.07 bits per heavy atom. The summed E-state index contributed by atoms with van der Waals surface area (Å²) < 4.78 is 143. The molecule has 15 aromatic rings. The molecule has 12 heterocycles. The van der Waals surface area contributed by atoms with E-state index in [1.54, 1.807) is 138 Å². The highest BCUT2D eigenvalue weighted by Crippen LogP contribution is 2.36. The number of H-pyrrole nitrogens is 1. The number of thiazole rings is 2. The Hall–Kier alpha value is -14.1. The number of sulfonamides is 4. The van der Waals surface area contributed by atoms with Crippen LogP contribution >= 0.6 is 57.2 Å². The first kappa shape index (κ1) is 101. The minimum absolute atomic E-state index is 0. The molecule has 4 fully saturated rings. The number of hydrogen-bond acceptors (Lipinski definition) is 26. The maximum atomic E-state index is 14.4. The summed E-state index contributed by atoms with van der Waals surface area (Å²) in [4.78, 5) is 113. The van der Waals surface area contributed by atoms with E-state index in [4.69, 9.17) is 23.2 Å². The monoisotopic (exact) mass is 2140 g/mol. The fourth-order valence-electron chi connectivity index (χ4n) is 17.8. The number of amides is 6. The lowest BCUT2D eigenvalue weighted by Crippen LogP contribution is -2.55. The summed E-state index contributed by atoms with van der Waals surface area (Å²) in [6.45, 7) is 14.1. The van der Waals surface area contributed by atoms with Crippen LogP contribution in [-0.4, -0.2) is 237 Å². The number of anilines is 9. The third-order valence-electron chi connectivity index (χ3n) is 25.1. The Morgan fingerprint density at radius 1 is 0.535 bits per heavy atom. The van der Waals surface area contributed by atoms with Gasteiger partial charge in [0.25, 0.3) is 46.0 Å². The number of nitrogens with zero attached hydrogens (tertiary/aromatic N) is 17. The molecule has 5 N–H and O–H groups in total. The smallest absolute Gasteiger partial charge is 0.263 e. The molecular formula is C97H110Cl2F2N22O14S7. The molecule has 3 atom stereocenters. The van der Waals surface area contributed by atoms with Gasteiger partial charge in [-0.15, -0.1) is 32.9 Å². The Kier molecular flexibility index (Phi) is 30.7. The lowest BCUT2D eigenvalue weighted by molar-refractivity contribution is -0.139. The van der Waals surface area contributed by atoms with Gasteiger partial charge in [0.15, 0.2) is 10.3 Å². The highest BCUT2D eigenvalue weighted by molar-refractivity contribution is 7.93. The van der Waals surface area contributed by atoms with Crippen LogP contribution in [0.3, 0.4) is 0 Å². The zero-order valence-corrected chi connectivity index (χ0v) is 85.0. The first-order valence-electron chi connectivity index (χ1n) is 45.5. The molecule has 7 aromatic heterocycles. The van der Waals surface area contributed by atoms with Crippen molar-refractivity contribution in [1.82, 2.24) is 63.9 Å². The van der Waals surface area contributed by atoms with Crippen molar-refractivity contribution in [2.45, 2.75) is 91.2 Å². The number of aromatic nitrogens is 9. The van der Waals surface area contributed by atoms with E-state index >= 15 is 0 Å². The number of para-hydroxylation sites is 2. The summed E-state index contributed by atoms with van der Waals surface area (Å²) in [5, 5.41) is 15.8. The van der Waals surface area contributed by atoms with Crippen LogP contribution in [-0.2, 0) is 77.0 Å². The fraction of sp³-hybridized carbons (Fsp3) is 0.258. The van der Waals surface area contributed by atoms with Crippen molar-refractivity contribution in [2.24, 2.45) is 0 Å². The largest absolute Gasteiger partial charge is 0.368 e. The van der Waals surface area contributed by atoms with Gasteiger partial charge in [0.05, 0.1) is 41.2 Å². The summed E-state index contributed by atoms with van der Waals surface area (Å²) in [6.07, 6.45) is 13.2. The lowest BCUT2D eigenvalue weighted by atomic mass is 10.00. The van der Waals surface area contributed by atoms with Crippen LogP contribution in [0.1, 0.15) is 70.6 Å². The fourth-order valence-corrected chi connectivity index (χ4v) is 24.6. The normalized spacial score (nSPS) is 15.8. The molecule has 5 aliphatic rings. The Balaban J connectivity index is 0.000000202. The minimum Gasteiger partial charge on any atom is -0.368 e. The van der Waals surface area contributed by atoms with Gasteiger partial charge in [-0.05, 0) is 204 Å². The van der Waals surface area contributed by atoms with Crippen molar-refractivity contribution in [1.29, 1.82) is 0 Å². The van der Waals surface area contributed by atoms with Gasteiger partial charge < -0.3 is 58.2 Å². The third-order valence-corrected chi connectivity index (χ3v) is 33.6. The molecule has 0 radical (unpaired) electrons. The zero-order chi connectivity index (χ0) is 101. The van der Waals surface area contributed by atoms with Crippen LogP contribution < -0.4 is 43.4 Å². The molecule has 4 saturated heterocycles. The molecule has 5 aliphatic heterocycles. The van der Waals surface area contributed by atoms with Crippen molar-refractivity contribution in [3.8, 4) is 0 Å². The first-order valence-corrected chi connectivity index (χ1v) is 54.8. The number of aryl methyl sites for hydroxylation is 3. The number of nitrogens with one attached hydrogen (secondary N) is 5. The predicted octanol–water partition coefficient (Wildman–Crippen LogP) is 16.1. The lowest BCUT2D eigenvalue weighted by Gasteiger charge is -2.41. The zero-order valence-electron chi connectivity index (χ0n) is 77.7. The first-order chi connectivity index (χ1) is 69.1. The average Bonchev–Trinajstić information content (AvgIpc) is 1.57. The van der Waals surface area contributed by atoms with Crippen molar-refractivity contribution < 1.29 is 81.2 Å². The van der Waals surface area contributed by atoms with E-state index in [1.807, 2.05) is 76.9 Å². The minimum atomic E-state index is -3.80. The van der Waals surface area contributed by atoms with Gasteiger partial charge in [-0.25, -0.2) is 62.4 Å². The predicted molar refractivity (Wildman–Crippen MR) is 567 cm³/mol. The second kappa shape index (κ2) is 43.6. The summed E-state index contributed by atoms with van der Waals surface area (Å²) in [6, 6.07) is 50.7. The topological polar surface area (TPSA) is 419 Å². The molecule has 0 bridgehead atoms. The van der Waals surface area contributed by atoms with Crippen molar-refractivity contribution in [3.05, 3.63) is 280 Å². The van der Waals surface area contributed by atoms with Crippen LogP contribution in [0.4, 0.5) is 58.4 Å². The van der Waals surface area contributed by atoms with Crippen LogP contribution in [0.5, 0.6) is 0 Å². The maximum absolute atomic E-state index is 14.4. The molecule has 0 saturated carbocycles. The van der Waals surface area contributed by atoms with E-state index in [0.29, 0.717) is 103 Å². The maximum Gasteiger partial charge on any atom is 0.263 e. The summed E-state index contributed by atoms with van der Waals surface area (Å²) in [5.41, 5.74) is 7.17. The quantitative estimate of drug-likeness (QED) is 0.0375. The van der Waals surface area contributed by atoms with E-state index in [9.17, 15) is 71.2 Å². The SMILES string of the molecule is C[C@@H](C(=O)N1CCN(c2ccc(S(=O)(=O)Nc3nccs3)cc2)C(=O)C1)n1ccc2cccc(F)c21.C[C@H]1CN(c2ccc(S(=O)(=O)Nc3ccncn3)cc2)CCN1C(=O)CCn1ccc2cccc(Cl)c21.Cc1nnc(NS(=O)(=O)c2ccc(N3CCN(C(=O)C(C)N4CCCc5cc(Cl)ccc54)CC3)cc2)s1.O=C(c1c[nH]c2cccc(F)c12)N1CCN(c2ccc(S(=O)(=O)Nc3nccs3)cc2)C(=O)C1.[HH].[HH].[HH].[HH].[HH].[HH].[HH]. The molecule has 6 amide bonds. The summed E-state index contributed by atoms with van der Waals surface area (Å²) in [5.74, 6) is -1.80. The number of carbonyl (C=O) groups excluding carboxylic acids is 6. The van der Waals surface area contributed by atoms with E-state index in [-0.39, 0.29) is 136 Å². The molecule has 20 rings (SSSR count). The number of rotatable bonds is 24. The molecule has 36 nitrogen and oxygen atoms in total. The number of piperazine rings is 4. The van der Waals surface area contributed by atoms with Crippen molar-refractivity contribution >= 4 is 215 Å². The molecule has 0 aliphatic carbocycles. The Bertz CT molecular complexity index is 7770. The van der Waals surface area contributed by atoms with Gasteiger partial charge in [-0.3, -0.25) is 47.7 Å². The van der Waals surface area contributed by atoms with Crippen LogP contribution in [0.15, 0.2) is 262 Å². The average molecular weight is 2140 g/mol. The highest BCUT2D eigenvalue weighted by Gasteiger charge is 2.37. The molecular weight excluding hydrogens is 2030 g/mol. The number of benzene rings is 8. The van der Waals surface area contributed by atoms with Gasteiger partial charge in [0.1, 0.15) is 54.0 Å². The number of aromatic amines is 1. The number of halogens is 4. The van der Waals surface area contributed by atoms with Crippen LogP contribution in [0, 0.1) is 18.6 Å². The Morgan fingerprint density at radius 3 is 1.65 bits per heavy atom. The molecule has 8 aromatic carbocycles. The van der Waals surface area contributed by atoms with E-state index in [2.05, 4.69) is 68.7 Å². The summed E-state index contributed by atoms with van der Waals surface area (Å²) >= 11 is 16.1. The van der Waals surface area contributed by atoms with Gasteiger partial charge in [0.2, 0.25) is 34.7 Å². The highest BCUT2D eigenvalue weighted by atomic mass is 35.5. The van der Waals surface area contributed by atoms with Crippen molar-refractivity contribution in [2.75, 3.05) is 135 Å². The van der Waals surface area contributed by atoms with Crippen molar-refractivity contribution in [3.63, 3.8) is 0 Å². The number of hydrogen-bond donors (Lipinski definition) is 5. The van der Waals surface area contributed by atoms with Gasteiger partial charge in [0, 0.05) is 211 Å². The Labute approximate surface area is 860 Å². The molecule has 47 heteroatoms. The number of fused-ring (bicyclic) bond motifs is 4. The van der Waals surface area contributed by atoms with E-state index < -0.39 is 63.7 Å². The molecule has 762 valence electrons.